The number of nitrogen functional groups attached to an aromatic ring is 1. The molecule has 0 saturated heterocycles. The van der Waals surface area contributed by atoms with Gasteiger partial charge in [0.2, 0.25) is 0 Å². The van der Waals surface area contributed by atoms with Crippen molar-refractivity contribution in [3.8, 4) is 11.3 Å². The third-order valence-corrected chi connectivity index (χ3v) is 3.35. The molecule has 0 amide bonds. The normalized spacial score (nSPS) is 10.4. The zero-order chi connectivity index (χ0) is 11.1. The molecule has 2 heterocycles. The predicted octanol–water partition coefficient (Wildman–Crippen LogP) is 3.76. The third kappa shape index (κ3) is 1.96. The molecule has 0 spiro atoms. The molecule has 0 radical (unpaired) electrons. The standard InChI is InChI=1S/C12H11N3S.BrH/c1-7-11(10-6-16-12(13)15-10)8-4-2-3-5-9(8)14-7;/h2-6,14H,1H3,(H2,13,15);1H. The van der Waals surface area contributed by atoms with Gasteiger partial charge in [-0.2, -0.15) is 0 Å². The van der Waals surface area contributed by atoms with Gasteiger partial charge in [-0.3, -0.25) is 0 Å². The van der Waals surface area contributed by atoms with Crippen molar-refractivity contribution in [2.24, 2.45) is 0 Å². The number of para-hydroxylation sites is 1. The molecule has 0 aliphatic carbocycles. The number of anilines is 1. The first-order chi connectivity index (χ1) is 7.75. The van der Waals surface area contributed by atoms with Crippen LogP contribution < -0.4 is 5.73 Å². The van der Waals surface area contributed by atoms with Gasteiger partial charge in [0.05, 0.1) is 5.69 Å². The molecular weight excluding hydrogens is 298 g/mol. The highest BCUT2D eigenvalue weighted by molar-refractivity contribution is 8.93. The van der Waals surface area contributed by atoms with Gasteiger partial charge < -0.3 is 10.7 Å². The van der Waals surface area contributed by atoms with Gasteiger partial charge in [0.15, 0.2) is 5.13 Å². The largest absolute Gasteiger partial charge is 0.375 e. The summed E-state index contributed by atoms with van der Waals surface area (Å²) < 4.78 is 0. The quantitative estimate of drug-likeness (QED) is 0.719. The number of halogens is 1. The summed E-state index contributed by atoms with van der Waals surface area (Å²) in [5.41, 5.74) is 10.1. The van der Waals surface area contributed by atoms with E-state index in [2.05, 4.69) is 29.0 Å². The molecular formula is C12H12BrN3S. The minimum Gasteiger partial charge on any atom is -0.375 e. The zero-order valence-electron chi connectivity index (χ0n) is 9.23. The Bertz CT molecular complexity index is 657. The van der Waals surface area contributed by atoms with Gasteiger partial charge in [0, 0.05) is 27.5 Å². The van der Waals surface area contributed by atoms with Gasteiger partial charge >= 0.3 is 0 Å². The molecule has 1 aromatic carbocycles. The first kappa shape index (κ1) is 12.1. The summed E-state index contributed by atoms with van der Waals surface area (Å²) in [6.45, 7) is 2.06. The number of nitrogens with zero attached hydrogens (tertiary/aromatic N) is 1. The fraction of sp³-hybridized carbons (Fsp3) is 0.0833. The summed E-state index contributed by atoms with van der Waals surface area (Å²) in [6, 6.07) is 8.23. The molecule has 0 fully saturated rings. The number of fused-ring (bicyclic) bond motifs is 1. The van der Waals surface area contributed by atoms with E-state index in [-0.39, 0.29) is 17.0 Å². The predicted molar refractivity (Wildman–Crippen MR) is 78.9 cm³/mol. The van der Waals surface area contributed by atoms with Crippen molar-refractivity contribution in [1.29, 1.82) is 0 Å². The van der Waals surface area contributed by atoms with Crippen LogP contribution in [0.15, 0.2) is 29.6 Å². The lowest BCUT2D eigenvalue weighted by molar-refractivity contribution is 1.29. The number of nitrogens with one attached hydrogen (secondary N) is 1. The molecule has 3 aromatic rings. The summed E-state index contributed by atoms with van der Waals surface area (Å²) in [5.74, 6) is 0. The fourth-order valence-corrected chi connectivity index (χ4v) is 2.56. The monoisotopic (exact) mass is 309 g/mol. The molecule has 0 saturated carbocycles. The van der Waals surface area contributed by atoms with Crippen LogP contribution >= 0.6 is 28.3 Å². The minimum atomic E-state index is 0. The topological polar surface area (TPSA) is 54.7 Å². The van der Waals surface area contributed by atoms with Crippen LogP contribution in [0, 0.1) is 6.92 Å². The number of aromatic amines is 1. The van der Waals surface area contributed by atoms with E-state index in [1.54, 1.807) is 0 Å². The van der Waals surface area contributed by atoms with Crippen molar-refractivity contribution in [2.45, 2.75) is 6.92 Å². The number of hydrogen-bond acceptors (Lipinski definition) is 3. The SMILES string of the molecule is Br.Cc1[nH]c2ccccc2c1-c1csc(N)n1. The summed E-state index contributed by atoms with van der Waals surface area (Å²) in [7, 11) is 0. The van der Waals surface area contributed by atoms with Crippen LogP contribution in [0.3, 0.4) is 0 Å². The van der Waals surface area contributed by atoms with E-state index in [4.69, 9.17) is 5.73 Å². The van der Waals surface area contributed by atoms with Crippen molar-refractivity contribution < 1.29 is 0 Å². The van der Waals surface area contributed by atoms with Gasteiger partial charge in [0.25, 0.3) is 0 Å². The Hall–Kier alpha value is -1.33. The lowest BCUT2D eigenvalue weighted by Crippen LogP contribution is -1.83. The highest BCUT2D eigenvalue weighted by atomic mass is 79.9. The Labute approximate surface area is 113 Å². The average Bonchev–Trinajstić information content (AvgIpc) is 2.80. The van der Waals surface area contributed by atoms with Gasteiger partial charge in [-0.15, -0.1) is 28.3 Å². The molecule has 3 nitrogen and oxygen atoms in total. The van der Waals surface area contributed by atoms with E-state index in [0.717, 1.165) is 22.5 Å². The van der Waals surface area contributed by atoms with E-state index < -0.39 is 0 Å². The minimum absolute atomic E-state index is 0. The molecule has 88 valence electrons. The Morgan fingerprint density at radius 1 is 1.29 bits per heavy atom. The average molecular weight is 310 g/mol. The van der Waals surface area contributed by atoms with Gasteiger partial charge in [0.1, 0.15) is 0 Å². The van der Waals surface area contributed by atoms with Crippen LogP contribution in [0.5, 0.6) is 0 Å². The van der Waals surface area contributed by atoms with E-state index in [9.17, 15) is 0 Å². The Kier molecular flexibility index (Phi) is 3.22. The second-order valence-electron chi connectivity index (χ2n) is 3.74. The second kappa shape index (κ2) is 4.50. The highest BCUT2D eigenvalue weighted by Crippen LogP contribution is 2.32. The van der Waals surface area contributed by atoms with Crippen molar-refractivity contribution in [1.82, 2.24) is 9.97 Å². The maximum atomic E-state index is 5.68. The number of H-pyrrole nitrogens is 1. The lowest BCUT2D eigenvalue weighted by Gasteiger charge is -1.95. The summed E-state index contributed by atoms with van der Waals surface area (Å²) >= 11 is 1.47. The molecule has 0 bridgehead atoms. The number of hydrogen-bond donors (Lipinski definition) is 2. The summed E-state index contributed by atoms with van der Waals surface area (Å²) in [6.07, 6.45) is 0. The maximum absolute atomic E-state index is 5.68. The lowest BCUT2D eigenvalue weighted by atomic mass is 10.1. The molecule has 0 aliphatic heterocycles. The fourth-order valence-electron chi connectivity index (χ4n) is 2.01. The van der Waals surface area contributed by atoms with Crippen LogP contribution in [-0.4, -0.2) is 9.97 Å². The van der Waals surface area contributed by atoms with Crippen LogP contribution in [-0.2, 0) is 0 Å². The Balaban J connectivity index is 0.00000108. The zero-order valence-corrected chi connectivity index (χ0v) is 11.8. The van der Waals surface area contributed by atoms with E-state index in [1.807, 2.05) is 17.5 Å². The molecule has 5 heteroatoms. The third-order valence-electron chi connectivity index (χ3n) is 2.67. The van der Waals surface area contributed by atoms with E-state index in [1.165, 1.54) is 16.7 Å². The number of aromatic nitrogens is 2. The smallest absolute Gasteiger partial charge is 0.180 e. The summed E-state index contributed by atoms with van der Waals surface area (Å²) in [5, 5.41) is 3.81. The first-order valence-corrected chi connectivity index (χ1v) is 5.92. The number of aryl methyl sites for hydroxylation is 1. The van der Waals surface area contributed by atoms with Crippen LogP contribution in [0.2, 0.25) is 0 Å². The van der Waals surface area contributed by atoms with Crippen molar-refractivity contribution in [3.05, 3.63) is 35.3 Å². The van der Waals surface area contributed by atoms with Gasteiger partial charge in [-0.25, -0.2) is 4.98 Å². The van der Waals surface area contributed by atoms with Gasteiger partial charge in [-0.05, 0) is 13.0 Å². The molecule has 0 aliphatic rings. The van der Waals surface area contributed by atoms with Crippen molar-refractivity contribution in [3.63, 3.8) is 0 Å². The number of benzene rings is 1. The van der Waals surface area contributed by atoms with Crippen LogP contribution in [0.4, 0.5) is 5.13 Å². The second-order valence-corrected chi connectivity index (χ2v) is 4.63. The van der Waals surface area contributed by atoms with E-state index in [0.29, 0.717) is 5.13 Å². The molecule has 17 heavy (non-hydrogen) atoms. The molecule has 3 N–H and O–H groups in total. The van der Waals surface area contributed by atoms with Crippen molar-refractivity contribution in [2.75, 3.05) is 5.73 Å². The van der Waals surface area contributed by atoms with Crippen LogP contribution in [0.1, 0.15) is 5.69 Å². The number of nitrogens with two attached hydrogens (primary N) is 1. The first-order valence-electron chi connectivity index (χ1n) is 5.04. The molecule has 0 unspecified atom stereocenters. The van der Waals surface area contributed by atoms with Gasteiger partial charge in [-0.1, -0.05) is 18.2 Å². The number of thiazole rings is 1. The highest BCUT2D eigenvalue weighted by Gasteiger charge is 2.12. The molecule has 2 aromatic heterocycles. The van der Waals surface area contributed by atoms with Crippen LogP contribution in [0.25, 0.3) is 22.2 Å². The number of rotatable bonds is 1. The molecule has 3 rings (SSSR count). The van der Waals surface area contributed by atoms with Crippen molar-refractivity contribution >= 4 is 44.4 Å². The van der Waals surface area contributed by atoms with E-state index >= 15 is 0 Å². The Morgan fingerprint density at radius 2 is 2.06 bits per heavy atom. The molecule has 0 atom stereocenters. The summed E-state index contributed by atoms with van der Waals surface area (Å²) in [4.78, 5) is 7.70. The Morgan fingerprint density at radius 3 is 2.76 bits per heavy atom. The maximum Gasteiger partial charge on any atom is 0.180 e.